The zero-order chi connectivity index (χ0) is 24.0. The molecule has 3 aromatic rings. The molecule has 0 amide bonds. The SMILES string of the molecule is CCc1cc2c(cc1OCc1ccccc1)CCC1C2CC[C@@]2(C)C1CC[C@@H]2Cc1cc(C)no1. The minimum absolute atomic E-state index is 0.436. The van der Waals surface area contributed by atoms with Crippen molar-refractivity contribution in [1.82, 2.24) is 5.16 Å². The van der Waals surface area contributed by atoms with Crippen LogP contribution in [0.15, 0.2) is 53.1 Å². The highest BCUT2D eigenvalue weighted by Crippen LogP contribution is 2.63. The number of rotatable bonds is 6. The topological polar surface area (TPSA) is 35.3 Å². The van der Waals surface area contributed by atoms with Gasteiger partial charge >= 0.3 is 0 Å². The standard InChI is InChI=1S/C32H39NO2/c1-4-23-17-29-24(18-31(23)34-20-22-8-6-5-7-9-22)10-12-28-27(29)14-15-32(3)25(11-13-30(28)32)19-26-16-21(2)33-35-26/h5-9,16-18,25,27-28,30H,4,10-15,19-20H2,1-3H3/t25-,27?,28?,30?,32-/m1/s1. The third-order valence-electron chi connectivity index (χ3n) is 9.84. The van der Waals surface area contributed by atoms with Gasteiger partial charge in [0.05, 0.1) is 5.69 Å². The van der Waals surface area contributed by atoms with E-state index in [0.29, 0.717) is 12.0 Å². The molecule has 0 aliphatic heterocycles. The quantitative estimate of drug-likeness (QED) is 0.369. The van der Waals surface area contributed by atoms with Crippen LogP contribution >= 0.6 is 0 Å². The van der Waals surface area contributed by atoms with E-state index < -0.39 is 0 Å². The molecule has 1 heterocycles. The van der Waals surface area contributed by atoms with Crippen LogP contribution in [0.3, 0.4) is 0 Å². The number of hydrogen-bond acceptors (Lipinski definition) is 3. The predicted molar refractivity (Wildman–Crippen MR) is 140 cm³/mol. The summed E-state index contributed by atoms with van der Waals surface area (Å²) in [4.78, 5) is 0. The first-order chi connectivity index (χ1) is 17.0. The van der Waals surface area contributed by atoms with Crippen LogP contribution in [0.25, 0.3) is 0 Å². The molecule has 3 aliphatic rings. The molecule has 6 rings (SSSR count). The molecular weight excluding hydrogens is 430 g/mol. The van der Waals surface area contributed by atoms with E-state index in [4.69, 9.17) is 9.26 Å². The van der Waals surface area contributed by atoms with Gasteiger partial charge in [0, 0.05) is 12.5 Å². The molecular formula is C32H39NO2. The van der Waals surface area contributed by atoms with Crippen molar-refractivity contribution in [3.8, 4) is 5.75 Å². The first kappa shape index (κ1) is 22.9. The lowest BCUT2D eigenvalue weighted by atomic mass is 9.54. The normalized spacial score (nSPS) is 29.3. The number of fused-ring (bicyclic) bond motifs is 5. The van der Waals surface area contributed by atoms with Gasteiger partial charge in [-0.3, -0.25) is 0 Å². The zero-order valence-corrected chi connectivity index (χ0v) is 21.6. The summed E-state index contributed by atoms with van der Waals surface area (Å²) in [6.07, 6.45) is 9.98. The Morgan fingerprint density at radius 1 is 1.06 bits per heavy atom. The Morgan fingerprint density at radius 3 is 2.69 bits per heavy atom. The van der Waals surface area contributed by atoms with Crippen LogP contribution in [0, 0.1) is 30.1 Å². The molecule has 3 nitrogen and oxygen atoms in total. The van der Waals surface area contributed by atoms with E-state index in [0.717, 1.165) is 53.7 Å². The largest absolute Gasteiger partial charge is 0.489 e. The molecule has 2 saturated carbocycles. The first-order valence-electron chi connectivity index (χ1n) is 13.8. The Labute approximate surface area is 210 Å². The molecule has 3 heteroatoms. The molecule has 1 aromatic heterocycles. The van der Waals surface area contributed by atoms with E-state index in [1.807, 2.05) is 6.92 Å². The Morgan fingerprint density at radius 2 is 1.91 bits per heavy atom. The molecule has 2 fully saturated rings. The van der Waals surface area contributed by atoms with Crippen LogP contribution in [0.4, 0.5) is 0 Å². The van der Waals surface area contributed by atoms with Crippen LogP contribution in [0.1, 0.15) is 85.6 Å². The van der Waals surface area contributed by atoms with Gasteiger partial charge in [0.15, 0.2) is 0 Å². The summed E-state index contributed by atoms with van der Waals surface area (Å²) in [5, 5.41) is 4.14. The van der Waals surface area contributed by atoms with Crippen LogP contribution in [-0.4, -0.2) is 5.16 Å². The van der Waals surface area contributed by atoms with Crippen LogP contribution in [-0.2, 0) is 25.9 Å². The summed E-state index contributed by atoms with van der Waals surface area (Å²) in [5.41, 5.74) is 7.23. The molecule has 5 atom stereocenters. The number of nitrogens with zero attached hydrogens (tertiary/aromatic N) is 1. The van der Waals surface area contributed by atoms with Crippen molar-refractivity contribution in [2.45, 2.75) is 84.7 Å². The highest BCUT2D eigenvalue weighted by molar-refractivity contribution is 5.46. The number of aryl methyl sites for hydroxylation is 3. The summed E-state index contributed by atoms with van der Waals surface area (Å²) >= 11 is 0. The average Bonchev–Trinajstić information content (AvgIpc) is 3.45. The molecule has 184 valence electrons. The number of hydrogen-bond donors (Lipinski definition) is 0. The van der Waals surface area contributed by atoms with E-state index in [9.17, 15) is 0 Å². The monoisotopic (exact) mass is 469 g/mol. The summed E-state index contributed by atoms with van der Waals surface area (Å²) in [6.45, 7) is 7.54. The van der Waals surface area contributed by atoms with Gasteiger partial charge in [-0.1, -0.05) is 55.4 Å². The summed E-state index contributed by atoms with van der Waals surface area (Å²) in [5.74, 6) is 5.28. The van der Waals surface area contributed by atoms with E-state index in [2.05, 4.69) is 67.5 Å². The van der Waals surface area contributed by atoms with Crippen molar-refractivity contribution in [3.05, 3.63) is 82.2 Å². The summed E-state index contributed by atoms with van der Waals surface area (Å²) < 4.78 is 12.0. The van der Waals surface area contributed by atoms with Crippen molar-refractivity contribution < 1.29 is 9.26 Å². The average molecular weight is 470 g/mol. The van der Waals surface area contributed by atoms with E-state index >= 15 is 0 Å². The van der Waals surface area contributed by atoms with Gasteiger partial charge in [-0.25, -0.2) is 0 Å². The van der Waals surface area contributed by atoms with Gasteiger partial charge in [-0.2, -0.15) is 0 Å². The lowest BCUT2D eigenvalue weighted by Gasteiger charge is -2.51. The van der Waals surface area contributed by atoms with Crippen LogP contribution < -0.4 is 4.74 Å². The van der Waals surface area contributed by atoms with E-state index in [1.165, 1.54) is 49.7 Å². The van der Waals surface area contributed by atoms with Crippen molar-refractivity contribution in [3.63, 3.8) is 0 Å². The Hall–Kier alpha value is -2.55. The second kappa shape index (κ2) is 9.15. The van der Waals surface area contributed by atoms with Crippen molar-refractivity contribution in [2.24, 2.45) is 23.2 Å². The smallest absolute Gasteiger partial charge is 0.137 e. The minimum atomic E-state index is 0.436. The summed E-state index contributed by atoms with van der Waals surface area (Å²) in [6, 6.07) is 17.6. The van der Waals surface area contributed by atoms with Gasteiger partial charge in [0.25, 0.3) is 0 Å². The molecule has 0 bridgehead atoms. The molecule has 3 aliphatic carbocycles. The molecule has 35 heavy (non-hydrogen) atoms. The molecule has 0 radical (unpaired) electrons. The fraction of sp³-hybridized carbons (Fsp3) is 0.531. The van der Waals surface area contributed by atoms with Gasteiger partial charge in [-0.05, 0) is 109 Å². The van der Waals surface area contributed by atoms with Gasteiger partial charge < -0.3 is 9.26 Å². The van der Waals surface area contributed by atoms with Gasteiger partial charge in [-0.15, -0.1) is 0 Å². The maximum absolute atomic E-state index is 6.36. The van der Waals surface area contributed by atoms with Gasteiger partial charge in [0.2, 0.25) is 0 Å². The van der Waals surface area contributed by atoms with Crippen LogP contribution in [0.2, 0.25) is 0 Å². The maximum Gasteiger partial charge on any atom is 0.137 e. The minimum Gasteiger partial charge on any atom is -0.489 e. The lowest BCUT2D eigenvalue weighted by Crippen LogP contribution is -2.42. The van der Waals surface area contributed by atoms with E-state index in [1.54, 1.807) is 11.1 Å². The molecule has 0 saturated heterocycles. The fourth-order valence-electron chi connectivity index (χ4n) is 7.99. The molecule has 2 aromatic carbocycles. The number of ether oxygens (including phenoxy) is 1. The van der Waals surface area contributed by atoms with Crippen LogP contribution in [0.5, 0.6) is 5.75 Å². The predicted octanol–water partition coefficient (Wildman–Crippen LogP) is 7.84. The number of aromatic nitrogens is 1. The van der Waals surface area contributed by atoms with Crippen molar-refractivity contribution >= 4 is 0 Å². The highest BCUT2D eigenvalue weighted by Gasteiger charge is 2.54. The second-order valence-corrected chi connectivity index (χ2v) is 11.7. The Balaban J connectivity index is 1.22. The molecule has 0 spiro atoms. The van der Waals surface area contributed by atoms with Gasteiger partial charge in [0.1, 0.15) is 18.1 Å². The fourth-order valence-corrected chi connectivity index (χ4v) is 7.99. The van der Waals surface area contributed by atoms with Crippen molar-refractivity contribution in [2.75, 3.05) is 0 Å². The third kappa shape index (κ3) is 4.11. The number of benzene rings is 2. The second-order valence-electron chi connectivity index (χ2n) is 11.7. The Kier molecular flexibility index (Phi) is 5.98. The summed E-state index contributed by atoms with van der Waals surface area (Å²) in [7, 11) is 0. The van der Waals surface area contributed by atoms with E-state index in [-0.39, 0.29) is 0 Å². The zero-order valence-electron chi connectivity index (χ0n) is 21.6. The third-order valence-corrected chi connectivity index (χ3v) is 9.84. The Bertz CT molecular complexity index is 1180. The maximum atomic E-state index is 6.36. The molecule has 0 N–H and O–H groups in total. The first-order valence-corrected chi connectivity index (χ1v) is 13.8. The highest BCUT2D eigenvalue weighted by atomic mass is 16.5. The van der Waals surface area contributed by atoms with Crippen molar-refractivity contribution in [1.29, 1.82) is 0 Å². The lowest BCUT2D eigenvalue weighted by molar-refractivity contribution is 0.0267. The molecule has 3 unspecified atom stereocenters.